The van der Waals surface area contributed by atoms with Crippen LogP contribution < -0.4 is 10.2 Å². The Morgan fingerprint density at radius 3 is 2.16 bits per heavy atom. The molecule has 0 aromatic heterocycles. The van der Waals surface area contributed by atoms with Crippen LogP contribution in [0.2, 0.25) is 0 Å². The number of azo groups is 1. The topological polar surface area (TPSA) is 143 Å². The molecular formula is C19H21FN6O5. The monoisotopic (exact) mass is 432 g/mol. The van der Waals surface area contributed by atoms with Gasteiger partial charge in [0.05, 0.1) is 21.6 Å². The Hall–Kier alpha value is -3.96. The molecule has 11 nitrogen and oxygen atoms in total. The molecule has 0 aliphatic heterocycles. The molecule has 164 valence electrons. The van der Waals surface area contributed by atoms with Crippen molar-refractivity contribution in [2.45, 2.75) is 27.2 Å². The van der Waals surface area contributed by atoms with E-state index in [1.165, 1.54) is 0 Å². The number of rotatable bonds is 9. The number of nitro benzene ring substituents is 2. The molecule has 0 fully saturated rings. The number of nitrogens with zero attached hydrogens (tertiary/aromatic N) is 5. The van der Waals surface area contributed by atoms with E-state index in [0.29, 0.717) is 17.8 Å². The molecule has 0 saturated heterocycles. The van der Waals surface area contributed by atoms with Gasteiger partial charge < -0.3 is 10.2 Å². The smallest absolute Gasteiger partial charge is 0.311 e. The average molecular weight is 432 g/mol. The van der Waals surface area contributed by atoms with Gasteiger partial charge in [-0.2, -0.15) is 4.39 Å². The number of benzene rings is 2. The second-order valence-electron chi connectivity index (χ2n) is 6.28. The van der Waals surface area contributed by atoms with Crippen LogP contribution >= 0.6 is 0 Å². The summed E-state index contributed by atoms with van der Waals surface area (Å²) in [5, 5.41) is 32.4. The number of halogens is 1. The minimum absolute atomic E-state index is 0.186. The van der Waals surface area contributed by atoms with Crippen LogP contribution in [0.3, 0.4) is 0 Å². The zero-order chi connectivity index (χ0) is 23.1. The number of anilines is 2. The summed E-state index contributed by atoms with van der Waals surface area (Å²) in [6, 6.07) is 6.07. The van der Waals surface area contributed by atoms with Gasteiger partial charge in [0, 0.05) is 31.3 Å². The number of hydrogen-bond donors (Lipinski definition) is 1. The fourth-order valence-corrected chi connectivity index (χ4v) is 2.75. The summed E-state index contributed by atoms with van der Waals surface area (Å²) >= 11 is 0. The molecule has 0 aliphatic carbocycles. The van der Waals surface area contributed by atoms with Crippen LogP contribution in [0.15, 0.2) is 40.6 Å². The Morgan fingerprint density at radius 1 is 1.00 bits per heavy atom. The van der Waals surface area contributed by atoms with Crippen molar-refractivity contribution in [3.05, 3.63) is 56.4 Å². The van der Waals surface area contributed by atoms with Gasteiger partial charge in [-0.25, -0.2) is 0 Å². The fourth-order valence-electron chi connectivity index (χ4n) is 2.75. The second kappa shape index (κ2) is 10.2. The third kappa shape index (κ3) is 5.56. The van der Waals surface area contributed by atoms with Crippen molar-refractivity contribution in [1.82, 2.24) is 0 Å². The third-order valence-corrected chi connectivity index (χ3v) is 4.41. The van der Waals surface area contributed by atoms with E-state index in [1.807, 2.05) is 18.7 Å². The van der Waals surface area contributed by atoms with Crippen molar-refractivity contribution in [2.75, 3.05) is 23.3 Å². The molecule has 1 amide bonds. The highest BCUT2D eigenvalue weighted by Gasteiger charge is 2.25. The zero-order valence-electron chi connectivity index (χ0n) is 17.2. The van der Waals surface area contributed by atoms with Gasteiger partial charge in [-0.3, -0.25) is 25.0 Å². The van der Waals surface area contributed by atoms with Crippen molar-refractivity contribution in [1.29, 1.82) is 0 Å². The minimum Gasteiger partial charge on any atom is -0.372 e. The van der Waals surface area contributed by atoms with Gasteiger partial charge in [0.25, 0.3) is 0 Å². The van der Waals surface area contributed by atoms with Gasteiger partial charge >= 0.3 is 11.4 Å². The van der Waals surface area contributed by atoms with Gasteiger partial charge in [0.2, 0.25) is 11.7 Å². The van der Waals surface area contributed by atoms with E-state index in [-0.39, 0.29) is 18.0 Å². The largest absolute Gasteiger partial charge is 0.372 e. The molecule has 0 atom stereocenters. The van der Waals surface area contributed by atoms with Crippen molar-refractivity contribution >= 4 is 40.0 Å². The lowest BCUT2D eigenvalue weighted by Gasteiger charge is -2.22. The number of hydrogen-bond acceptors (Lipinski definition) is 8. The molecule has 0 unspecified atom stereocenters. The zero-order valence-corrected chi connectivity index (χ0v) is 17.2. The number of nitrogens with one attached hydrogen (secondary N) is 1. The molecule has 0 aliphatic rings. The van der Waals surface area contributed by atoms with Gasteiger partial charge in [-0.1, -0.05) is 6.92 Å². The SMILES string of the molecule is CCC(=O)Nc1cc(N(CC)CC)ccc1N=Nc1cc(F)c([N+](=O)[O-])cc1[N+](=O)[O-]. The Morgan fingerprint density at radius 2 is 1.61 bits per heavy atom. The highest BCUT2D eigenvalue weighted by Crippen LogP contribution is 2.36. The van der Waals surface area contributed by atoms with E-state index in [1.54, 1.807) is 25.1 Å². The first-order chi connectivity index (χ1) is 14.7. The summed E-state index contributed by atoms with van der Waals surface area (Å²) in [6.07, 6.45) is 0.213. The first-order valence-electron chi connectivity index (χ1n) is 9.44. The highest BCUT2D eigenvalue weighted by molar-refractivity contribution is 5.94. The molecule has 12 heteroatoms. The predicted molar refractivity (Wildman–Crippen MR) is 113 cm³/mol. The van der Waals surface area contributed by atoms with Crippen LogP contribution in [-0.2, 0) is 4.79 Å². The first-order valence-corrected chi connectivity index (χ1v) is 9.44. The maximum absolute atomic E-state index is 14.0. The van der Waals surface area contributed by atoms with Crippen molar-refractivity contribution < 1.29 is 19.0 Å². The van der Waals surface area contributed by atoms with Gasteiger partial charge in [0.15, 0.2) is 5.69 Å². The van der Waals surface area contributed by atoms with E-state index in [2.05, 4.69) is 15.5 Å². The molecule has 0 spiro atoms. The van der Waals surface area contributed by atoms with Gasteiger partial charge in [-0.05, 0) is 32.0 Å². The molecule has 2 aromatic carbocycles. The van der Waals surface area contributed by atoms with Crippen LogP contribution in [0.5, 0.6) is 0 Å². The standard InChI is InChI=1S/C19H21FN6O5/c1-4-19(27)21-15-9-12(24(5-2)6-3)7-8-14(15)22-23-16-10-13(20)17(25(28)29)11-18(16)26(30)31/h7-11H,4-6H2,1-3H3,(H,21,27). The lowest BCUT2D eigenvalue weighted by atomic mass is 10.2. The number of carbonyl (C=O) groups excluding carboxylic acids is 1. The maximum Gasteiger partial charge on any atom is 0.311 e. The van der Waals surface area contributed by atoms with Crippen LogP contribution in [0.25, 0.3) is 0 Å². The molecule has 0 saturated carbocycles. The number of carbonyl (C=O) groups is 1. The van der Waals surface area contributed by atoms with E-state index in [0.717, 1.165) is 18.8 Å². The third-order valence-electron chi connectivity index (χ3n) is 4.41. The maximum atomic E-state index is 14.0. The minimum atomic E-state index is -1.28. The Kier molecular flexibility index (Phi) is 7.66. The molecule has 0 heterocycles. The average Bonchev–Trinajstić information content (AvgIpc) is 2.73. The normalized spacial score (nSPS) is 10.8. The Bertz CT molecular complexity index is 1040. The summed E-state index contributed by atoms with van der Waals surface area (Å²) in [5.41, 5.74) is -0.965. The van der Waals surface area contributed by atoms with E-state index < -0.39 is 32.7 Å². The van der Waals surface area contributed by atoms with Crippen LogP contribution in [-0.4, -0.2) is 28.8 Å². The molecule has 1 N–H and O–H groups in total. The molecule has 31 heavy (non-hydrogen) atoms. The molecule has 0 bridgehead atoms. The van der Waals surface area contributed by atoms with Crippen molar-refractivity contribution in [3.8, 4) is 0 Å². The summed E-state index contributed by atoms with van der Waals surface area (Å²) in [4.78, 5) is 34.1. The van der Waals surface area contributed by atoms with E-state index >= 15 is 0 Å². The molecule has 2 rings (SSSR count). The quantitative estimate of drug-likeness (QED) is 0.325. The van der Waals surface area contributed by atoms with Crippen LogP contribution in [0.4, 0.5) is 38.5 Å². The second-order valence-corrected chi connectivity index (χ2v) is 6.28. The highest BCUT2D eigenvalue weighted by atomic mass is 19.1. The lowest BCUT2D eigenvalue weighted by molar-refractivity contribution is -0.395. The summed E-state index contributed by atoms with van der Waals surface area (Å²) in [5.74, 6) is -1.55. The number of amides is 1. The Balaban J connectivity index is 2.54. The Labute approximate surface area is 176 Å². The predicted octanol–water partition coefficient (Wildman–Crippen LogP) is 5.25. The van der Waals surface area contributed by atoms with Gasteiger partial charge in [0.1, 0.15) is 5.69 Å². The lowest BCUT2D eigenvalue weighted by Crippen LogP contribution is -2.22. The van der Waals surface area contributed by atoms with Crippen LogP contribution in [0.1, 0.15) is 27.2 Å². The summed E-state index contributed by atoms with van der Waals surface area (Å²) in [7, 11) is 0. The molecule has 2 aromatic rings. The number of nitro groups is 2. The fraction of sp³-hybridized carbons (Fsp3) is 0.316. The summed E-state index contributed by atoms with van der Waals surface area (Å²) in [6.45, 7) is 7.08. The first kappa shape index (κ1) is 23.3. The summed E-state index contributed by atoms with van der Waals surface area (Å²) < 4.78 is 14.0. The van der Waals surface area contributed by atoms with Crippen molar-refractivity contribution in [2.24, 2.45) is 10.2 Å². The molecular weight excluding hydrogens is 411 g/mol. The van der Waals surface area contributed by atoms with E-state index in [4.69, 9.17) is 0 Å². The van der Waals surface area contributed by atoms with Crippen molar-refractivity contribution in [3.63, 3.8) is 0 Å². The van der Waals surface area contributed by atoms with Gasteiger partial charge in [-0.15, -0.1) is 10.2 Å². The van der Waals surface area contributed by atoms with Crippen LogP contribution in [0, 0.1) is 26.0 Å². The van der Waals surface area contributed by atoms with E-state index in [9.17, 15) is 29.4 Å². The molecule has 0 radical (unpaired) electrons.